The monoisotopic (exact) mass is 317 g/mol. The smallest absolute Gasteiger partial charge is 0.244 e. The highest BCUT2D eigenvalue weighted by molar-refractivity contribution is 7.89. The molecule has 0 radical (unpaired) electrons. The molecule has 0 spiro atoms. The molecule has 0 unspecified atom stereocenters. The highest BCUT2D eigenvalue weighted by atomic mass is 32.2. The second-order valence-electron chi connectivity index (χ2n) is 4.08. The Hall–Kier alpha value is -0.800. The van der Waals surface area contributed by atoms with Crippen LogP contribution in [-0.2, 0) is 23.1 Å². The zero-order chi connectivity index (χ0) is 14.0. The van der Waals surface area contributed by atoms with E-state index in [9.17, 15) is 8.42 Å². The van der Waals surface area contributed by atoms with Crippen molar-refractivity contribution in [3.63, 3.8) is 0 Å². The van der Waals surface area contributed by atoms with Crippen LogP contribution in [0.15, 0.2) is 21.9 Å². The van der Waals surface area contributed by atoms with Crippen molar-refractivity contribution in [2.45, 2.75) is 24.9 Å². The summed E-state index contributed by atoms with van der Waals surface area (Å²) in [5.74, 6) is 0. The molecule has 0 fully saturated rings. The van der Waals surface area contributed by atoms with Gasteiger partial charge in [0.15, 0.2) is 0 Å². The van der Waals surface area contributed by atoms with Crippen LogP contribution in [0.4, 0.5) is 0 Å². The fraction of sp³-hybridized carbons (Fsp3) is 0.364. The van der Waals surface area contributed by atoms with E-state index in [-0.39, 0.29) is 6.54 Å². The number of hydrogen-bond acceptors (Lipinski definition) is 6. The van der Waals surface area contributed by atoms with Crippen LogP contribution in [0.3, 0.4) is 0 Å². The molecule has 2 heterocycles. The molecule has 5 nitrogen and oxygen atoms in total. The summed E-state index contributed by atoms with van der Waals surface area (Å²) >= 11 is 2.87. The van der Waals surface area contributed by atoms with Gasteiger partial charge in [-0.25, -0.2) is 13.4 Å². The lowest BCUT2D eigenvalue weighted by molar-refractivity contribution is 0.463. The van der Waals surface area contributed by atoms with E-state index < -0.39 is 10.0 Å². The summed E-state index contributed by atoms with van der Waals surface area (Å²) in [4.78, 5) is 6.09. The Morgan fingerprint density at radius 2 is 2.21 bits per heavy atom. The molecule has 0 bridgehead atoms. The molecule has 0 saturated carbocycles. The third kappa shape index (κ3) is 3.03. The molecule has 0 aliphatic rings. The number of aromatic nitrogens is 1. The third-order valence-electron chi connectivity index (χ3n) is 2.68. The number of thiazole rings is 1. The van der Waals surface area contributed by atoms with Gasteiger partial charge in [0, 0.05) is 28.7 Å². The molecular formula is C11H15N3O2S3. The summed E-state index contributed by atoms with van der Waals surface area (Å²) in [5.41, 5.74) is 8.00. The van der Waals surface area contributed by atoms with Crippen LogP contribution < -0.4 is 5.73 Å². The Bertz CT molecular complexity index is 647. The maximum atomic E-state index is 12.5. The zero-order valence-electron chi connectivity index (χ0n) is 10.7. The van der Waals surface area contributed by atoms with Crippen molar-refractivity contribution < 1.29 is 8.42 Å². The predicted octanol–water partition coefficient (Wildman–Crippen LogP) is 1.79. The van der Waals surface area contributed by atoms with Gasteiger partial charge in [0.2, 0.25) is 10.0 Å². The highest BCUT2D eigenvalue weighted by Gasteiger charge is 2.25. The van der Waals surface area contributed by atoms with Crippen LogP contribution in [0, 0.1) is 6.92 Å². The van der Waals surface area contributed by atoms with Gasteiger partial charge in [-0.2, -0.15) is 4.31 Å². The molecule has 8 heteroatoms. The van der Waals surface area contributed by atoms with Crippen LogP contribution >= 0.6 is 22.7 Å². The molecule has 19 heavy (non-hydrogen) atoms. The normalized spacial score (nSPS) is 12.2. The maximum absolute atomic E-state index is 12.5. The molecule has 0 saturated heterocycles. The molecule has 0 aliphatic heterocycles. The van der Waals surface area contributed by atoms with Crippen LogP contribution in [0.1, 0.15) is 15.4 Å². The average Bonchev–Trinajstić information content (AvgIpc) is 2.98. The summed E-state index contributed by atoms with van der Waals surface area (Å²) in [6.45, 7) is 2.43. The Morgan fingerprint density at radius 3 is 2.74 bits per heavy atom. The van der Waals surface area contributed by atoms with E-state index in [1.807, 2.05) is 5.38 Å². The summed E-state index contributed by atoms with van der Waals surface area (Å²) < 4.78 is 26.3. The van der Waals surface area contributed by atoms with Crippen molar-refractivity contribution in [2.24, 2.45) is 5.73 Å². The second kappa shape index (κ2) is 5.68. The average molecular weight is 317 g/mol. The van der Waals surface area contributed by atoms with Gasteiger partial charge >= 0.3 is 0 Å². The number of nitrogens with zero attached hydrogens (tertiary/aromatic N) is 2. The molecule has 2 N–H and O–H groups in total. The number of aryl methyl sites for hydroxylation is 1. The summed E-state index contributed by atoms with van der Waals surface area (Å²) in [6, 6.07) is 1.66. The predicted molar refractivity (Wildman–Crippen MR) is 77.7 cm³/mol. The molecule has 2 aromatic heterocycles. The first-order valence-corrected chi connectivity index (χ1v) is 8.78. The van der Waals surface area contributed by atoms with Gasteiger partial charge < -0.3 is 5.73 Å². The van der Waals surface area contributed by atoms with Gasteiger partial charge in [-0.15, -0.1) is 22.7 Å². The summed E-state index contributed by atoms with van der Waals surface area (Å²) in [5, 5.41) is 1.85. The first kappa shape index (κ1) is 14.6. The zero-order valence-corrected chi connectivity index (χ0v) is 13.1. The molecule has 2 aromatic rings. The van der Waals surface area contributed by atoms with Crippen LogP contribution in [0.25, 0.3) is 0 Å². The molecular weight excluding hydrogens is 302 g/mol. The minimum atomic E-state index is -3.48. The first-order chi connectivity index (χ1) is 8.95. The van der Waals surface area contributed by atoms with Gasteiger partial charge in [-0.1, -0.05) is 0 Å². The van der Waals surface area contributed by atoms with E-state index in [0.717, 1.165) is 15.4 Å². The van der Waals surface area contributed by atoms with Gasteiger partial charge in [0.05, 0.1) is 22.6 Å². The summed E-state index contributed by atoms with van der Waals surface area (Å²) in [6.07, 6.45) is 0. The first-order valence-electron chi connectivity index (χ1n) is 5.58. The van der Waals surface area contributed by atoms with Crippen molar-refractivity contribution in [3.8, 4) is 0 Å². The van der Waals surface area contributed by atoms with Gasteiger partial charge in [-0.3, -0.25) is 0 Å². The number of nitrogens with two attached hydrogens (primary N) is 1. The van der Waals surface area contributed by atoms with E-state index in [0.29, 0.717) is 11.4 Å². The number of rotatable bonds is 5. The summed E-state index contributed by atoms with van der Waals surface area (Å²) in [7, 11) is -1.92. The van der Waals surface area contributed by atoms with E-state index in [4.69, 9.17) is 5.73 Å². The van der Waals surface area contributed by atoms with Crippen molar-refractivity contribution in [2.75, 3.05) is 7.05 Å². The van der Waals surface area contributed by atoms with Crippen molar-refractivity contribution in [3.05, 3.63) is 32.4 Å². The van der Waals surface area contributed by atoms with Crippen LogP contribution in [0.5, 0.6) is 0 Å². The van der Waals surface area contributed by atoms with E-state index in [1.165, 1.54) is 27.0 Å². The number of hydrogen-bond donors (Lipinski definition) is 1. The topological polar surface area (TPSA) is 76.3 Å². The quantitative estimate of drug-likeness (QED) is 0.912. The van der Waals surface area contributed by atoms with Gasteiger partial charge in [-0.05, 0) is 13.0 Å². The molecule has 0 aromatic carbocycles. The number of thiophene rings is 1. The fourth-order valence-corrected chi connectivity index (χ4v) is 4.85. The van der Waals surface area contributed by atoms with Gasteiger partial charge in [0.1, 0.15) is 0 Å². The highest BCUT2D eigenvalue weighted by Crippen LogP contribution is 2.28. The lowest BCUT2D eigenvalue weighted by Gasteiger charge is -2.15. The largest absolute Gasteiger partial charge is 0.326 e. The number of sulfonamides is 1. The molecule has 0 atom stereocenters. The minimum Gasteiger partial charge on any atom is -0.326 e. The fourth-order valence-electron chi connectivity index (χ4n) is 1.68. The van der Waals surface area contributed by atoms with Crippen LogP contribution in [0.2, 0.25) is 0 Å². The Balaban J connectivity index is 2.28. The van der Waals surface area contributed by atoms with Crippen molar-refractivity contribution in [1.82, 2.24) is 9.29 Å². The van der Waals surface area contributed by atoms with Gasteiger partial charge in [0.25, 0.3) is 0 Å². The second-order valence-corrected chi connectivity index (χ2v) is 8.15. The Kier molecular flexibility index (Phi) is 4.36. The maximum Gasteiger partial charge on any atom is 0.244 e. The van der Waals surface area contributed by atoms with E-state index in [2.05, 4.69) is 4.98 Å². The van der Waals surface area contributed by atoms with E-state index >= 15 is 0 Å². The van der Waals surface area contributed by atoms with Crippen LogP contribution in [-0.4, -0.2) is 24.8 Å². The standard InChI is InChI=1S/C11H15N3O2S3/c1-8-11(3-10(4-12)18-8)19(15,16)14(2)5-9-6-17-7-13-9/h3,6-7H,4-5,12H2,1-2H3. The lowest BCUT2D eigenvalue weighted by Crippen LogP contribution is -2.26. The molecule has 0 amide bonds. The van der Waals surface area contributed by atoms with Crippen molar-refractivity contribution in [1.29, 1.82) is 0 Å². The molecule has 0 aliphatic carbocycles. The molecule has 104 valence electrons. The molecule has 2 rings (SSSR count). The minimum absolute atomic E-state index is 0.277. The Morgan fingerprint density at radius 1 is 1.47 bits per heavy atom. The van der Waals surface area contributed by atoms with E-state index in [1.54, 1.807) is 25.5 Å². The third-order valence-corrected chi connectivity index (χ3v) is 6.45. The Labute approximate surface area is 120 Å². The SMILES string of the molecule is Cc1sc(CN)cc1S(=O)(=O)N(C)Cc1cscn1. The van der Waals surface area contributed by atoms with Crippen molar-refractivity contribution >= 4 is 32.7 Å². The lowest BCUT2D eigenvalue weighted by atomic mass is 10.4.